The van der Waals surface area contributed by atoms with Crippen LogP contribution in [0.15, 0.2) is 12.5 Å². The molecule has 0 saturated heterocycles. The lowest BCUT2D eigenvalue weighted by atomic mass is 9.93. The summed E-state index contributed by atoms with van der Waals surface area (Å²) in [7, 11) is 0. The minimum atomic E-state index is 0.213. The van der Waals surface area contributed by atoms with Crippen LogP contribution in [-0.4, -0.2) is 15.6 Å². The maximum absolute atomic E-state index is 5.71. The molecular formula is C10H17N3. The van der Waals surface area contributed by atoms with Crippen molar-refractivity contribution >= 4 is 0 Å². The second-order valence-electron chi connectivity index (χ2n) is 4.08. The molecular weight excluding hydrogens is 162 g/mol. The fourth-order valence-electron chi connectivity index (χ4n) is 1.70. The zero-order valence-electron chi connectivity index (χ0n) is 8.11. The van der Waals surface area contributed by atoms with Gasteiger partial charge in [0.05, 0.1) is 12.0 Å². The molecule has 0 amide bonds. The Morgan fingerprint density at radius 3 is 3.00 bits per heavy atom. The molecule has 2 rings (SSSR count). The van der Waals surface area contributed by atoms with Crippen molar-refractivity contribution in [1.82, 2.24) is 9.55 Å². The molecule has 1 heterocycles. The van der Waals surface area contributed by atoms with E-state index in [4.69, 9.17) is 5.73 Å². The van der Waals surface area contributed by atoms with Crippen LogP contribution in [0.2, 0.25) is 0 Å². The first kappa shape index (κ1) is 8.75. The van der Waals surface area contributed by atoms with Crippen LogP contribution in [0.25, 0.3) is 0 Å². The number of rotatable bonds is 3. The summed E-state index contributed by atoms with van der Waals surface area (Å²) in [6, 6.07) is 0.930. The molecule has 0 radical (unpaired) electrons. The predicted octanol–water partition coefficient (Wildman–Crippen LogP) is 1.50. The van der Waals surface area contributed by atoms with E-state index in [2.05, 4.69) is 15.7 Å². The fourth-order valence-corrected chi connectivity index (χ4v) is 1.70. The molecule has 0 aliphatic heterocycles. The zero-order valence-corrected chi connectivity index (χ0v) is 8.11. The van der Waals surface area contributed by atoms with Gasteiger partial charge in [-0.2, -0.15) is 0 Å². The second-order valence-corrected chi connectivity index (χ2v) is 4.08. The smallest absolute Gasteiger partial charge is 0.0951 e. The van der Waals surface area contributed by atoms with Gasteiger partial charge in [-0.25, -0.2) is 4.98 Å². The van der Waals surface area contributed by atoms with E-state index >= 15 is 0 Å². The number of hydrogen-bond donors (Lipinski definition) is 1. The van der Waals surface area contributed by atoms with Crippen LogP contribution in [0.3, 0.4) is 0 Å². The molecule has 1 aliphatic carbocycles. The molecule has 0 bridgehead atoms. The van der Waals surface area contributed by atoms with E-state index in [1.165, 1.54) is 19.3 Å². The van der Waals surface area contributed by atoms with Crippen molar-refractivity contribution < 1.29 is 0 Å². The summed E-state index contributed by atoms with van der Waals surface area (Å²) in [5, 5.41) is 0. The summed E-state index contributed by atoms with van der Waals surface area (Å²) < 4.78 is 2.24. The van der Waals surface area contributed by atoms with Crippen molar-refractivity contribution in [2.45, 2.75) is 44.7 Å². The zero-order chi connectivity index (χ0) is 9.26. The van der Waals surface area contributed by atoms with Crippen molar-refractivity contribution in [1.29, 1.82) is 0 Å². The van der Waals surface area contributed by atoms with E-state index in [0.29, 0.717) is 6.04 Å². The van der Waals surface area contributed by atoms with E-state index in [1.54, 1.807) is 0 Å². The lowest BCUT2D eigenvalue weighted by Gasteiger charge is -2.26. The van der Waals surface area contributed by atoms with Crippen LogP contribution >= 0.6 is 0 Å². The summed E-state index contributed by atoms with van der Waals surface area (Å²) >= 11 is 0. The lowest BCUT2D eigenvalue weighted by Crippen LogP contribution is -2.18. The average Bonchev–Trinajstić information content (AvgIpc) is 2.31. The van der Waals surface area contributed by atoms with E-state index < -0.39 is 0 Å². The van der Waals surface area contributed by atoms with Crippen LogP contribution in [-0.2, 0) is 6.42 Å². The Morgan fingerprint density at radius 2 is 2.46 bits per heavy atom. The molecule has 2 N–H and O–H groups in total. The average molecular weight is 179 g/mol. The summed E-state index contributed by atoms with van der Waals surface area (Å²) in [6.07, 6.45) is 8.97. The third-order valence-corrected chi connectivity index (χ3v) is 2.68. The first-order valence-corrected chi connectivity index (χ1v) is 5.03. The second kappa shape index (κ2) is 3.50. The molecule has 13 heavy (non-hydrogen) atoms. The normalized spacial score (nSPS) is 19.8. The van der Waals surface area contributed by atoms with E-state index in [1.807, 2.05) is 13.3 Å². The Hall–Kier alpha value is -0.830. The Balaban J connectivity index is 2.00. The highest BCUT2D eigenvalue weighted by Gasteiger charge is 2.19. The van der Waals surface area contributed by atoms with Gasteiger partial charge in [0.2, 0.25) is 0 Å². The van der Waals surface area contributed by atoms with Crippen molar-refractivity contribution in [2.75, 3.05) is 0 Å². The van der Waals surface area contributed by atoms with Crippen molar-refractivity contribution in [3.8, 4) is 0 Å². The SMILES string of the molecule is CC(N)Cc1cn(C2CCC2)cn1. The number of hydrogen-bond acceptors (Lipinski definition) is 2. The molecule has 1 aromatic rings. The highest BCUT2D eigenvalue weighted by molar-refractivity contribution is 5.01. The van der Waals surface area contributed by atoms with Crippen LogP contribution in [0, 0.1) is 0 Å². The number of nitrogens with zero attached hydrogens (tertiary/aromatic N) is 2. The van der Waals surface area contributed by atoms with Crippen LogP contribution < -0.4 is 5.73 Å². The van der Waals surface area contributed by atoms with Gasteiger partial charge in [0.15, 0.2) is 0 Å². The van der Waals surface area contributed by atoms with E-state index in [9.17, 15) is 0 Å². The molecule has 1 saturated carbocycles. The van der Waals surface area contributed by atoms with Gasteiger partial charge in [0.1, 0.15) is 0 Å². The molecule has 3 heteroatoms. The highest BCUT2D eigenvalue weighted by Crippen LogP contribution is 2.31. The summed E-state index contributed by atoms with van der Waals surface area (Å²) in [5.41, 5.74) is 6.83. The van der Waals surface area contributed by atoms with Crippen molar-refractivity contribution in [2.24, 2.45) is 5.73 Å². The summed E-state index contributed by atoms with van der Waals surface area (Å²) in [6.45, 7) is 2.02. The molecule has 0 aromatic carbocycles. The Kier molecular flexibility index (Phi) is 2.36. The number of imidazole rings is 1. The molecule has 1 unspecified atom stereocenters. The van der Waals surface area contributed by atoms with Crippen LogP contribution in [0.5, 0.6) is 0 Å². The van der Waals surface area contributed by atoms with Gasteiger partial charge < -0.3 is 10.3 Å². The van der Waals surface area contributed by atoms with Gasteiger partial charge in [-0.3, -0.25) is 0 Å². The first-order valence-electron chi connectivity index (χ1n) is 5.03. The molecule has 3 nitrogen and oxygen atoms in total. The number of aromatic nitrogens is 2. The minimum absolute atomic E-state index is 0.213. The summed E-state index contributed by atoms with van der Waals surface area (Å²) in [5.74, 6) is 0. The Morgan fingerprint density at radius 1 is 1.69 bits per heavy atom. The summed E-state index contributed by atoms with van der Waals surface area (Å²) in [4.78, 5) is 4.34. The minimum Gasteiger partial charge on any atom is -0.334 e. The lowest BCUT2D eigenvalue weighted by molar-refractivity contribution is 0.313. The van der Waals surface area contributed by atoms with Gasteiger partial charge in [-0.05, 0) is 26.2 Å². The quantitative estimate of drug-likeness (QED) is 0.764. The van der Waals surface area contributed by atoms with Gasteiger partial charge in [-0.1, -0.05) is 0 Å². The van der Waals surface area contributed by atoms with E-state index in [-0.39, 0.29) is 6.04 Å². The maximum atomic E-state index is 5.71. The maximum Gasteiger partial charge on any atom is 0.0951 e. The third kappa shape index (κ3) is 1.91. The monoisotopic (exact) mass is 179 g/mol. The Labute approximate surface area is 79.0 Å². The number of nitrogens with two attached hydrogens (primary N) is 1. The molecule has 1 atom stereocenters. The van der Waals surface area contributed by atoms with Gasteiger partial charge in [0.25, 0.3) is 0 Å². The first-order chi connectivity index (χ1) is 6.25. The van der Waals surface area contributed by atoms with Gasteiger partial charge in [-0.15, -0.1) is 0 Å². The fraction of sp³-hybridized carbons (Fsp3) is 0.700. The van der Waals surface area contributed by atoms with Crippen LogP contribution in [0.1, 0.15) is 37.9 Å². The third-order valence-electron chi connectivity index (χ3n) is 2.68. The largest absolute Gasteiger partial charge is 0.334 e. The molecule has 0 spiro atoms. The Bertz CT molecular complexity index is 273. The molecule has 1 aromatic heterocycles. The molecule has 72 valence electrons. The molecule has 1 fully saturated rings. The molecule has 1 aliphatic rings. The van der Waals surface area contributed by atoms with Gasteiger partial charge >= 0.3 is 0 Å². The van der Waals surface area contributed by atoms with Crippen molar-refractivity contribution in [3.05, 3.63) is 18.2 Å². The van der Waals surface area contributed by atoms with Crippen molar-refractivity contribution in [3.63, 3.8) is 0 Å². The standard InChI is InChI=1S/C10H17N3/c1-8(11)5-9-6-13(7-12-9)10-3-2-4-10/h6-8,10H,2-5,11H2,1H3. The predicted molar refractivity (Wildman–Crippen MR) is 52.5 cm³/mol. The van der Waals surface area contributed by atoms with Gasteiger partial charge in [0, 0.05) is 24.7 Å². The highest BCUT2D eigenvalue weighted by atomic mass is 15.1. The van der Waals surface area contributed by atoms with E-state index in [0.717, 1.165) is 12.1 Å². The van der Waals surface area contributed by atoms with Crippen LogP contribution in [0.4, 0.5) is 0 Å². The topological polar surface area (TPSA) is 43.8 Å².